The number of alkyl halides is 4. The lowest BCUT2D eigenvalue weighted by atomic mass is 9.95. The van der Waals surface area contributed by atoms with Crippen molar-refractivity contribution in [2.75, 3.05) is 57.1 Å². The highest BCUT2D eigenvalue weighted by atomic mass is 35.5. The fraction of sp³-hybridized carbons (Fsp3) is 0.567. The Morgan fingerprint density at radius 1 is 1.27 bits per heavy atom. The normalized spacial score (nSPS) is 26.0. The Balaban J connectivity index is 1.45. The Bertz CT molecular complexity index is 1680. The molecule has 45 heavy (non-hydrogen) atoms. The number of ether oxygens (including phenoxy) is 2. The van der Waals surface area contributed by atoms with Crippen LogP contribution in [0.5, 0.6) is 11.8 Å². The van der Waals surface area contributed by atoms with Crippen molar-refractivity contribution in [1.29, 1.82) is 0 Å². The van der Waals surface area contributed by atoms with Gasteiger partial charge in [-0.1, -0.05) is 11.6 Å². The second-order valence-corrected chi connectivity index (χ2v) is 12.9. The lowest BCUT2D eigenvalue weighted by Gasteiger charge is -2.32. The molecular formula is C30H33ClF5N7O2. The van der Waals surface area contributed by atoms with Crippen molar-refractivity contribution in [3.05, 3.63) is 28.0 Å². The van der Waals surface area contributed by atoms with Crippen molar-refractivity contribution >= 4 is 34.1 Å². The first-order chi connectivity index (χ1) is 21.4. The highest BCUT2D eigenvalue weighted by Crippen LogP contribution is 2.52. The number of rotatable bonds is 7. The molecule has 242 valence electrons. The Hall–Kier alpha value is -3.23. The van der Waals surface area contributed by atoms with E-state index < -0.39 is 40.5 Å². The summed E-state index contributed by atoms with van der Waals surface area (Å²) in [5, 5.41) is 2.87. The SMILES string of the molecule is CNCCN1c2nc(OC[C@@]34CCCN3C[C@H](F)C4)nc3c(F)c(-c4nc(N)cc(C)c4C(F)(F)F)c(Cl)c(c23)OCC2CC21. The van der Waals surface area contributed by atoms with Crippen LogP contribution in [0.1, 0.15) is 36.8 Å². The number of aromatic nitrogens is 3. The summed E-state index contributed by atoms with van der Waals surface area (Å²) < 4.78 is 86.8. The van der Waals surface area contributed by atoms with E-state index in [9.17, 15) is 17.6 Å². The number of nitrogens with zero attached hydrogens (tertiary/aromatic N) is 5. The van der Waals surface area contributed by atoms with Crippen LogP contribution in [0.25, 0.3) is 22.2 Å². The van der Waals surface area contributed by atoms with E-state index in [1.165, 1.54) is 6.92 Å². The summed E-state index contributed by atoms with van der Waals surface area (Å²) in [4.78, 5) is 17.2. The molecule has 2 saturated heterocycles. The lowest BCUT2D eigenvalue weighted by molar-refractivity contribution is -0.137. The number of pyridine rings is 1. The molecule has 2 unspecified atom stereocenters. The van der Waals surface area contributed by atoms with Gasteiger partial charge in [0.1, 0.15) is 29.9 Å². The number of fused-ring (bicyclic) bond motifs is 2. The van der Waals surface area contributed by atoms with Crippen LogP contribution in [0.3, 0.4) is 0 Å². The first kappa shape index (κ1) is 30.4. The predicted molar refractivity (Wildman–Crippen MR) is 159 cm³/mol. The Morgan fingerprint density at radius 3 is 2.82 bits per heavy atom. The third-order valence-electron chi connectivity index (χ3n) is 9.53. The first-order valence-electron chi connectivity index (χ1n) is 15.0. The number of anilines is 2. The average molecular weight is 654 g/mol. The van der Waals surface area contributed by atoms with Gasteiger partial charge in [-0.25, -0.2) is 13.8 Å². The molecule has 1 aromatic carbocycles. The quantitative estimate of drug-likeness (QED) is 0.335. The van der Waals surface area contributed by atoms with E-state index >= 15 is 4.39 Å². The minimum Gasteiger partial charge on any atom is -0.491 e. The topological polar surface area (TPSA) is 102 Å². The molecule has 3 fully saturated rings. The molecule has 2 aromatic heterocycles. The van der Waals surface area contributed by atoms with Crippen molar-refractivity contribution < 1.29 is 31.4 Å². The fourth-order valence-electron chi connectivity index (χ4n) is 7.38. The molecule has 3 aromatic rings. The number of halogens is 6. The maximum absolute atomic E-state index is 16.9. The largest absolute Gasteiger partial charge is 0.491 e. The molecule has 4 atom stereocenters. The monoisotopic (exact) mass is 653 g/mol. The highest BCUT2D eigenvalue weighted by molar-refractivity contribution is 6.36. The molecule has 7 rings (SSSR count). The van der Waals surface area contributed by atoms with Crippen molar-refractivity contribution in [3.8, 4) is 23.0 Å². The van der Waals surface area contributed by atoms with E-state index in [-0.39, 0.29) is 64.2 Å². The molecule has 3 aliphatic heterocycles. The molecule has 15 heteroatoms. The molecule has 5 heterocycles. The van der Waals surface area contributed by atoms with Crippen LogP contribution in [0.4, 0.5) is 33.6 Å². The number of hydrogen-bond donors (Lipinski definition) is 2. The maximum Gasteiger partial charge on any atom is 0.418 e. The Morgan fingerprint density at radius 2 is 2.07 bits per heavy atom. The molecule has 0 bridgehead atoms. The van der Waals surface area contributed by atoms with Gasteiger partial charge in [0.05, 0.1) is 39.4 Å². The number of nitrogens with one attached hydrogen (secondary N) is 1. The molecule has 4 aliphatic rings. The number of benzene rings is 1. The second-order valence-electron chi connectivity index (χ2n) is 12.5. The summed E-state index contributed by atoms with van der Waals surface area (Å²) in [6.45, 7) is 3.67. The second kappa shape index (κ2) is 10.9. The zero-order chi connectivity index (χ0) is 31.8. The smallest absolute Gasteiger partial charge is 0.418 e. The van der Waals surface area contributed by atoms with Crippen molar-refractivity contribution in [2.45, 2.75) is 56.5 Å². The van der Waals surface area contributed by atoms with Crippen LogP contribution in [0.15, 0.2) is 6.07 Å². The molecule has 0 radical (unpaired) electrons. The van der Waals surface area contributed by atoms with Gasteiger partial charge in [0.25, 0.3) is 0 Å². The molecule has 3 N–H and O–H groups in total. The van der Waals surface area contributed by atoms with Gasteiger partial charge < -0.3 is 25.4 Å². The third kappa shape index (κ3) is 5.09. The molecule has 0 spiro atoms. The van der Waals surface area contributed by atoms with Crippen LogP contribution >= 0.6 is 11.6 Å². The molecule has 9 nitrogen and oxygen atoms in total. The summed E-state index contributed by atoms with van der Waals surface area (Å²) in [5.74, 6) is -0.993. The van der Waals surface area contributed by atoms with E-state index in [1.807, 2.05) is 11.9 Å². The van der Waals surface area contributed by atoms with Crippen LogP contribution in [0, 0.1) is 18.7 Å². The van der Waals surface area contributed by atoms with Gasteiger partial charge in [-0.15, -0.1) is 0 Å². The first-order valence-corrected chi connectivity index (χ1v) is 15.4. The van der Waals surface area contributed by atoms with Crippen LogP contribution in [-0.4, -0.2) is 84.0 Å². The number of nitrogen functional groups attached to an aromatic ring is 1. The van der Waals surface area contributed by atoms with E-state index in [2.05, 4.69) is 20.2 Å². The van der Waals surface area contributed by atoms with Gasteiger partial charge in [0, 0.05) is 38.0 Å². The van der Waals surface area contributed by atoms with E-state index in [0.717, 1.165) is 31.9 Å². The van der Waals surface area contributed by atoms with Gasteiger partial charge in [-0.2, -0.15) is 23.1 Å². The molecule has 0 amide bonds. The minimum absolute atomic E-state index is 0.0314. The molecule has 1 aliphatic carbocycles. The van der Waals surface area contributed by atoms with E-state index in [0.29, 0.717) is 31.9 Å². The van der Waals surface area contributed by atoms with Crippen LogP contribution < -0.4 is 25.4 Å². The summed E-state index contributed by atoms with van der Waals surface area (Å²) in [6.07, 6.45) is -3.17. The Kier molecular flexibility index (Phi) is 7.40. The predicted octanol–water partition coefficient (Wildman–Crippen LogP) is 5.16. The molecular weight excluding hydrogens is 621 g/mol. The van der Waals surface area contributed by atoms with Crippen LogP contribution in [-0.2, 0) is 6.18 Å². The van der Waals surface area contributed by atoms with Gasteiger partial charge in [0.15, 0.2) is 11.6 Å². The minimum atomic E-state index is -4.89. The standard InChI is InChI=1S/C30H33ClF5N7O2/c1-14-8-18(37)39-24(21(14)30(34,35)36)19-22(31)26-20-25(23(19)33)40-28(45-13-29-4-3-6-42(29)11-16(32)10-29)41-27(20)43(7-5-38-2)17-9-15(17)12-44-26/h8,15-17,38H,3-7,9-13H2,1-2H3,(H2,37,39)/t15?,16-,17?,29+/m1/s1. The lowest BCUT2D eigenvalue weighted by Crippen LogP contribution is -2.43. The zero-order valence-corrected chi connectivity index (χ0v) is 25.5. The van der Waals surface area contributed by atoms with Gasteiger partial charge in [-0.3, -0.25) is 4.90 Å². The maximum atomic E-state index is 16.9. The van der Waals surface area contributed by atoms with Gasteiger partial charge in [0.2, 0.25) is 0 Å². The fourth-order valence-corrected chi connectivity index (χ4v) is 7.70. The summed E-state index contributed by atoms with van der Waals surface area (Å²) >= 11 is 6.79. The zero-order valence-electron chi connectivity index (χ0n) is 24.8. The summed E-state index contributed by atoms with van der Waals surface area (Å²) in [7, 11) is 1.81. The number of nitrogens with two attached hydrogens (primary N) is 1. The van der Waals surface area contributed by atoms with Crippen LogP contribution in [0.2, 0.25) is 5.02 Å². The summed E-state index contributed by atoms with van der Waals surface area (Å²) in [6, 6.07) is 0.948. The third-order valence-corrected chi connectivity index (χ3v) is 9.89. The Labute approximate surface area is 261 Å². The average Bonchev–Trinajstić information content (AvgIpc) is 3.49. The van der Waals surface area contributed by atoms with Gasteiger partial charge >= 0.3 is 12.2 Å². The number of hydrogen-bond acceptors (Lipinski definition) is 9. The highest BCUT2D eigenvalue weighted by Gasteiger charge is 2.50. The van der Waals surface area contributed by atoms with Crippen molar-refractivity contribution in [3.63, 3.8) is 0 Å². The van der Waals surface area contributed by atoms with Crippen molar-refractivity contribution in [1.82, 2.24) is 25.2 Å². The van der Waals surface area contributed by atoms with E-state index in [1.54, 1.807) is 0 Å². The van der Waals surface area contributed by atoms with Crippen molar-refractivity contribution in [2.24, 2.45) is 5.92 Å². The number of aryl methyl sites for hydroxylation is 1. The summed E-state index contributed by atoms with van der Waals surface area (Å²) in [5.41, 5.74) is 2.24. The van der Waals surface area contributed by atoms with Gasteiger partial charge in [-0.05, 0) is 51.4 Å². The molecule has 1 saturated carbocycles. The van der Waals surface area contributed by atoms with E-state index in [4.69, 9.17) is 31.8 Å². The number of likely N-dealkylation sites (N-methyl/N-ethyl adjacent to an activating group) is 1.